The minimum atomic E-state index is -4.17. The third-order valence-corrected chi connectivity index (χ3v) is 5.74. The van der Waals surface area contributed by atoms with Crippen LogP contribution in [0.1, 0.15) is 5.69 Å². The molecule has 2 heterocycles. The molecular formula is C17H14ClFN4O4S. The molecule has 8 nitrogen and oxygen atoms in total. The third kappa shape index (κ3) is 4.12. The van der Waals surface area contributed by atoms with Crippen LogP contribution in [0.4, 0.5) is 9.18 Å². The van der Waals surface area contributed by atoms with E-state index in [9.17, 15) is 17.6 Å². The van der Waals surface area contributed by atoms with Crippen LogP contribution >= 0.6 is 11.6 Å². The summed E-state index contributed by atoms with van der Waals surface area (Å²) in [4.78, 5) is 13.9. The molecule has 3 aromatic rings. The van der Waals surface area contributed by atoms with Gasteiger partial charge in [-0.15, -0.1) is 0 Å². The van der Waals surface area contributed by atoms with Crippen molar-refractivity contribution < 1.29 is 22.7 Å². The molecule has 11 heteroatoms. The number of sulfone groups is 1. The first-order chi connectivity index (χ1) is 13.3. The first kappa shape index (κ1) is 19.8. The van der Waals surface area contributed by atoms with Crippen molar-refractivity contribution in [3.8, 4) is 5.69 Å². The zero-order valence-electron chi connectivity index (χ0n) is 14.2. The van der Waals surface area contributed by atoms with Crippen molar-refractivity contribution in [1.82, 2.24) is 20.1 Å². The Balaban J connectivity index is 2.11. The summed E-state index contributed by atoms with van der Waals surface area (Å²) < 4.78 is 40.8. The van der Waals surface area contributed by atoms with E-state index in [0.717, 1.165) is 23.1 Å². The van der Waals surface area contributed by atoms with Crippen molar-refractivity contribution in [2.45, 2.75) is 16.3 Å². The molecule has 1 amide bonds. The molecule has 0 unspecified atom stereocenters. The average molecular weight is 425 g/mol. The van der Waals surface area contributed by atoms with E-state index < -0.39 is 21.7 Å². The predicted molar refractivity (Wildman–Crippen MR) is 98.0 cm³/mol. The average Bonchev–Trinajstić information content (AvgIpc) is 3.06. The molecule has 0 aliphatic heterocycles. The molecule has 0 atom stereocenters. The summed E-state index contributed by atoms with van der Waals surface area (Å²) in [6, 6.07) is 8.65. The van der Waals surface area contributed by atoms with E-state index in [1.54, 1.807) is 24.3 Å². The maximum Gasteiger partial charge on any atom is 0.404 e. The number of halogens is 2. The monoisotopic (exact) mass is 424 g/mol. The molecule has 146 valence electrons. The van der Waals surface area contributed by atoms with Gasteiger partial charge >= 0.3 is 6.09 Å². The largest absolute Gasteiger partial charge is 0.465 e. The van der Waals surface area contributed by atoms with Gasteiger partial charge in [0.15, 0.2) is 5.03 Å². The lowest BCUT2D eigenvalue weighted by atomic mass is 10.3. The van der Waals surface area contributed by atoms with Crippen LogP contribution in [0.15, 0.2) is 58.7 Å². The number of rotatable bonds is 6. The van der Waals surface area contributed by atoms with E-state index in [-0.39, 0.29) is 27.9 Å². The Kier molecular flexibility index (Phi) is 5.61. The molecule has 0 bridgehead atoms. The Bertz CT molecular complexity index is 1130. The molecule has 0 aliphatic rings. The van der Waals surface area contributed by atoms with E-state index in [1.165, 1.54) is 6.07 Å². The molecule has 0 saturated heterocycles. The number of para-hydroxylation sites is 1. The molecule has 2 N–H and O–H groups in total. The standard InChI is InChI=1S/C17H14ClFN4O4S/c18-14-3-1-2-4-15(14)23-16(8-12(22-23)5-6-21-17(24)25)28(26,27)13-7-11(19)9-20-10-13/h1-4,7-10,21H,5-6H2,(H,24,25). The Hall–Kier alpha value is -2.98. The number of hydrogen-bond acceptors (Lipinski definition) is 5. The number of nitrogens with one attached hydrogen (secondary N) is 1. The molecule has 0 saturated carbocycles. The highest BCUT2D eigenvalue weighted by Gasteiger charge is 2.26. The minimum Gasteiger partial charge on any atom is -0.465 e. The first-order valence-electron chi connectivity index (χ1n) is 7.95. The van der Waals surface area contributed by atoms with Crippen molar-refractivity contribution in [2.24, 2.45) is 0 Å². The number of aromatic nitrogens is 3. The number of amides is 1. The fraction of sp³-hybridized carbons (Fsp3) is 0.118. The summed E-state index contributed by atoms with van der Waals surface area (Å²) >= 11 is 6.19. The smallest absolute Gasteiger partial charge is 0.404 e. The van der Waals surface area contributed by atoms with Gasteiger partial charge in [0.25, 0.3) is 0 Å². The van der Waals surface area contributed by atoms with Crippen LogP contribution in [0.5, 0.6) is 0 Å². The third-order valence-electron chi connectivity index (χ3n) is 3.73. The van der Waals surface area contributed by atoms with Crippen molar-refractivity contribution in [3.63, 3.8) is 0 Å². The summed E-state index contributed by atoms with van der Waals surface area (Å²) in [5.41, 5.74) is 0.626. The van der Waals surface area contributed by atoms with Gasteiger partial charge in [0.1, 0.15) is 5.82 Å². The Labute approximate surface area is 164 Å². The van der Waals surface area contributed by atoms with Crippen LogP contribution in [-0.2, 0) is 16.3 Å². The van der Waals surface area contributed by atoms with Gasteiger partial charge in [0.2, 0.25) is 9.84 Å². The second-order valence-electron chi connectivity index (χ2n) is 5.66. The molecule has 2 aromatic heterocycles. The summed E-state index contributed by atoms with van der Waals surface area (Å²) in [6.45, 7) is 0.0376. The zero-order chi connectivity index (χ0) is 20.3. The number of carboxylic acid groups (broad SMARTS) is 1. The van der Waals surface area contributed by atoms with E-state index >= 15 is 0 Å². The van der Waals surface area contributed by atoms with Gasteiger partial charge in [-0.1, -0.05) is 23.7 Å². The van der Waals surface area contributed by atoms with E-state index in [1.807, 2.05) is 0 Å². The van der Waals surface area contributed by atoms with Gasteiger partial charge in [0.05, 0.1) is 27.5 Å². The van der Waals surface area contributed by atoms with Gasteiger partial charge in [-0.3, -0.25) is 4.98 Å². The first-order valence-corrected chi connectivity index (χ1v) is 9.81. The molecule has 0 spiro atoms. The molecular weight excluding hydrogens is 411 g/mol. The van der Waals surface area contributed by atoms with Crippen LogP contribution in [0, 0.1) is 5.82 Å². The number of hydrogen-bond donors (Lipinski definition) is 2. The van der Waals surface area contributed by atoms with Gasteiger partial charge in [-0.05, 0) is 24.3 Å². The summed E-state index contributed by atoms with van der Waals surface area (Å²) in [5.74, 6) is -0.796. The van der Waals surface area contributed by atoms with E-state index in [2.05, 4.69) is 15.4 Å². The quantitative estimate of drug-likeness (QED) is 0.628. The summed E-state index contributed by atoms with van der Waals surface area (Å²) in [6.07, 6.45) is 0.874. The SMILES string of the molecule is O=C(O)NCCc1cc(S(=O)(=O)c2cncc(F)c2)n(-c2ccccc2Cl)n1. The van der Waals surface area contributed by atoms with Gasteiger partial charge in [-0.25, -0.2) is 22.3 Å². The van der Waals surface area contributed by atoms with Crippen molar-refractivity contribution >= 4 is 27.5 Å². The number of carbonyl (C=O) groups is 1. The summed E-state index contributed by atoms with van der Waals surface area (Å²) in [5, 5.41) is 15.1. The van der Waals surface area contributed by atoms with Gasteiger partial charge < -0.3 is 10.4 Å². The van der Waals surface area contributed by atoms with Crippen LogP contribution in [0.2, 0.25) is 5.02 Å². The number of benzene rings is 1. The van der Waals surface area contributed by atoms with Crippen molar-refractivity contribution in [1.29, 1.82) is 0 Å². The van der Waals surface area contributed by atoms with E-state index in [4.69, 9.17) is 16.7 Å². The second-order valence-corrected chi connectivity index (χ2v) is 7.97. The molecule has 3 rings (SSSR count). The van der Waals surface area contributed by atoms with Gasteiger partial charge in [-0.2, -0.15) is 5.10 Å². The zero-order valence-corrected chi connectivity index (χ0v) is 15.8. The molecule has 28 heavy (non-hydrogen) atoms. The minimum absolute atomic E-state index is 0.0376. The van der Waals surface area contributed by atoms with Crippen LogP contribution in [-0.4, -0.2) is 40.9 Å². The highest BCUT2D eigenvalue weighted by atomic mass is 35.5. The fourth-order valence-electron chi connectivity index (χ4n) is 2.48. The second kappa shape index (κ2) is 7.95. The number of pyridine rings is 1. The topological polar surface area (TPSA) is 114 Å². The van der Waals surface area contributed by atoms with Crippen LogP contribution in [0.25, 0.3) is 5.69 Å². The van der Waals surface area contributed by atoms with E-state index in [0.29, 0.717) is 11.4 Å². The lowest BCUT2D eigenvalue weighted by Crippen LogP contribution is -2.23. The Morgan fingerprint density at radius 2 is 2.00 bits per heavy atom. The highest BCUT2D eigenvalue weighted by Crippen LogP contribution is 2.28. The molecule has 0 fully saturated rings. The maximum atomic E-state index is 13.5. The summed E-state index contributed by atoms with van der Waals surface area (Å²) in [7, 11) is -4.17. The fourth-order valence-corrected chi connectivity index (χ4v) is 4.06. The maximum absolute atomic E-state index is 13.5. The number of nitrogens with zero attached hydrogens (tertiary/aromatic N) is 3. The highest BCUT2D eigenvalue weighted by molar-refractivity contribution is 7.91. The lowest BCUT2D eigenvalue weighted by Gasteiger charge is -2.09. The molecule has 1 aromatic carbocycles. The molecule has 0 aliphatic carbocycles. The molecule has 0 radical (unpaired) electrons. The Morgan fingerprint density at radius 1 is 1.25 bits per heavy atom. The van der Waals surface area contributed by atoms with Gasteiger partial charge in [0, 0.05) is 19.2 Å². The van der Waals surface area contributed by atoms with Crippen molar-refractivity contribution in [2.75, 3.05) is 6.54 Å². The van der Waals surface area contributed by atoms with Crippen LogP contribution in [0.3, 0.4) is 0 Å². The van der Waals surface area contributed by atoms with Crippen molar-refractivity contribution in [3.05, 3.63) is 65.3 Å². The predicted octanol–water partition coefficient (Wildman–Crippen LogP) is 2.70. The van der Waals surface area contributed by atoms with Crippen LogP contribution < -0.4 is 5.32 Å². The Morgan fingerprint density at radius 3 is 2.68 bits per heavy atom. The lowest BCUT2D eigenvalue weighted by molar-refractivity contribution is 0.194. The normalized spacial score (nSPS) is 11.4.